The van der Waals surface area contributed by atoms with Gasteiger partial charge in [0.2, 0.25) is 0 Å². The summed E-state index contributed by atoms with van der Waals surface area (Å²) in [4.78, 5) is 24.4. The lowest BCUT2D eigenvalue weighted by atomic mass is 10.2. The highest BCUT2D eigenvalue weighted by Gasteiger charge is 2.16. The van der Waals surface area contributed by atoms with Crippen molar-refractivity contribution in [1.82, 2.24) is 15.0 Å². The highest BCUT2D eigenvalue weighted by molar-refractivity contribution is 6.17. The fraction of sp³-hybridized carbons (Fsp3) is 0.286. The van der Waals surface area contributed by atoms with Crippen LogP contribution in [0, 0.1) is 6.92 Å². The predicted octanol–water partition coefficient (Wildman–Crippen LogP) is 2.76. The Labute approximate surface area is 122 Å². The Kier molecular flexibility index (Phi) is 4.63. The third-order valence-electron chi connectivity index (χ3n) is 2.63. The molecule has 0 aromatic carbocycles. The van der Waals surface area contributed by atoms with Gasteiger partial charge in [0, 0.05) is 12.4 Å². The summed E-state index contributed by atoms with van der Waals surface area (Å²) >= 11 is 5.85. The van der Waals surface area contributed by atoms with E-state index in [2.05, 4.69) is 15.0 Å². The lowest BCUT2D eigenvalue weighted by Crippen LogP contribution is -2.10. The summed E-state index contributed by atoms with van der Waals surface area (Å²) in [5.74, 6) is 0.0828. The van der Waals surface area contributed by atoms with E-state index >= 15 is 0 Å². The molecule has 5 nitrogen and oxygen atoms in total. The maximum absolute atomic E-state index is 11.7. The van der Waals surface area contributed by atoms with Crippen LogP contribution in [0.5, 0.6) is 0 Å². The molecule has 0 fully saturated rings. The molecule has 0 saturated carbocycles. The van der Waals surface area contributed by atoms with Gasteiger partial charge in [-0.25, -0.2) is 14.8 Å². The summed E-state index contributed by atoms with van der Waals surface area (Å²) in [6.45, 7) is 3.99. The standard InChI is InChI=1S/C14H14ClN3O2/c1-3-20-14(19)10-8-17-13(18-12(10)7-15)11-6-9(2)4-5-16-11/h4-6,8H,3,7H2,1-2H3. The van der Waals surface area contributed by atoms with Crippen LogP contribution >= 0.6 is 11.6 Å². The number of aromatic nitrogens is 3. The highest BCUT2D eigenvalue weighted by atomic mass is 35.5. The molecule has 0 spiro atoms. The topological polar surface area (TPSA) is 65.0 Å². The van der Waals surface area contributed by atoms with E-state index in [4.69, 9.17) is 16.3 Å². The molecule has 0 bridgehead atoms. The van der Waals surface area contributed by atoms with Gasteiger partial charge in [0.25, 0.3) is 0 Å². The summed E-state index contributed by atoms with van der Waals surface area (Å²) in [5, 5.41) is 0. The van der Waals surface area contributed by atoms with E-state index < -0.39 is 5.97 Å². The molecule has 104 valence electrons. The van der Waals surface area contributed by atoms with Gasteiger partial charge in [0.05, 0.1) is 18.2 Å². The van der Waals surface area contributed by atoms with Crippen molar-refractivity contribution >= 4 is 17.6 Å². The smallest absolute Gasteiger partial charge is 0.341 e. The molecule has 2 rings (SSSR count). The second-order valence-electron chi connectivity index (χ2n) is 4.13. The van der Waals surface area contributed by atoms with Crippen molar-refractivity contribution in [2.45, 2.75) is 19.7 Å². The number of carbonyl (C=O) groups is 1. The Morgan fingerprint density at radius 1 is 1.40 bits per heavy atom. The first-order valence-corrected chi connectivity index (χ1v) is 6.71. The summed E-state index contributed by atoms with van der Waals surface area (Å²) in [7, 11) is 0. The second kappa shape index (κ2) is 6.43. The van der Waals surface area contributed by atoms with E-state index in [1.165, 1.54) is 6.20 Å². The van der Waals surface area contributed by atoms with Crippen LogP contribution in [-0.2, 0) is 10.6 Å². The van der Waals surface area contributed by atoms with E-state index in [0.717, 1.165) is 5.56 Å². The molecule has 6 heteroatoms. The fourth-order valence-corrected chi connectivity index (χ4v) is 1.88. The van der Waals surface area contributed by atoms with Gasteiger partial charge >= 0.3 is 5.97 Å². The molecule has 0 unspecified atom stereocenters. The number of alkyl halides is 1. The minimum atomic E-state index is -0.466. The maximum atomic E-state index is 11.7. The monoisotopic (exact) mass is 291 g/mol. The third-order valence-corrected chi connectivity index (χ3v) is 2.89. The first-order chi connectivity index (χ1) is 9.65. The van der Waals surface area contributed by atoms with Crippen LogP contribution in [0.15, 0.2) is 24.5 Å². The van der Waals surface area contributed by atoms with Gasteiger partial charge in [-0.3, -0.25) is 4.98 Å². The molecule has 0 saturated heterocycles. The second-order valence-corrected chi connectivity index (χ2v) is 4.39. The van der Waals surface area contributed by atoms with Crippen LogP contribution in [0.4, 0.5) is 0 Å². The van der Waals surface area contributed by atoms with E-state index in [-0.39, 0.29) is 5.88 Å². The molecule has 2 heterocycles. The van der Waals surface area contributed by atoms with E-state index in [1.54, 1.807) is 13.1 Å². The van der Waals surface area contributed by atoms with Gasteiger partial charge < -0.3 is 4.74 Å². The minimum absolute atomic E-state index is 0.107. The molecule has 0 amide bonds. The van der Waals surface area contributed by atoms with Crippen LogP contribution in [0.25, 0.3) is 11.5 Å². The molecular weight excluding hydrogens is 278 g/mol. The SMILES string of the molecule is CCOC(=O)c1cnc(-c2cc(C)ccn2)nc1CCl. The summed E-state index contributed by atoms with van der Waals surface area (Å²) in [6, 6.07) is 3.76. The van der Waals surface area contributed by atoms with Crippen molar-refractivity contribution in [2.75, 3.05) is 6.61 Å². The van der Waals surface area contributed by atoms with Crippen molar-refractivity contribution in [3.8, 4) is 11.5 Å². The molecule has 2 aromatic heterocycles. The Balaban J connectivity index is 2.41. The molecule has 0 N–H and O–H groups in total. The summed E-state index contributed by atoms with van der Waals surface area (Å²) < 4.78 is 4.94. The fourth-order valence-electron chi connectivity index (χ4n) is 1.68. The number of carbonyl (C=O) groups excluding carboxylic acids is 1. The van der Waals surface area contributed by atoms with E-state index in [0.29, 0.717) is 29.4 Å². The van der Waals surface area contributed by atoms with Gasteiger partial charge in [-0.15, -0.1) is 11.6 Å². The van der Waals surface area contributed by atoms with Crippen LogP contribution in [0.2, 0.25) is 0 Å². The number of aryl methyl sites for hydroxylation is 1. The molecule has 0 aliphatic heterocycles. The van der Waals surface area contributed by atoms with Gasteiger partial charge in [0.15, 0.2) is 5.82 Å². The van der Waals surface area contributed by atoms with Crippen LogP contribution in [0.1, 0.15) is 28.5 Å². The molecule has 20 heavy (non-hydrogen) atoms. The zero-order valence-electron chi connectivity index (χ0n) is 11.3. The van der Waals surface area contributed by atoms with E-state index in [9.17, 15) is 4.79 Å². The zero-order valence-corrected chi connectivity index (χ0v) is 12.0. The Morgan fingerprint density at radius 3 is 2.85 bits per heavy atom. The quantitative estimate of drug-likeness (QED) is 0.640. The van der Waals surface area contributed by atoms with Gasteiger partial charge in [0.1, 0.15) is 11.3 Å². The van der Waals surface area contributed by atoms with Crippen LogP contribution in [-0.4, -0.2) is 27.5 Å². The number of hydrogen-bond donors (Lipinski definition) is 0. The average Bonchev–Trinajstić information content (AvgIpc) is 2.46. The van der Waals surface area contributed by atoms with Gasteiger partial charge in [-0.2, -0.15) is 0 Å². The van der Waals surface area contributed by atoms with E-state index in [1.807, 2.05) is 19.1 Å². The largest absolute Gasteiger partial charge is 0.462 e. The van der Waals surface area contributed by atoms with Crippen molar-refractivity contribution in [1.29, 1.82) is 0 Å². The number of hydrogen-bond acceptors (Lipinski definition) is 5. The van der Waals surface area contributed by atoms with Gasteiger partial charge in [-0.05, 0) is 31.5 Å². The molecule has 0 radical (unpaired) electrons. The number of pyridine rings is 1. The first-order valence-electron chi connectivity index (χ1n) is 6.17. The minimum Gasteiger partial charge on any atom is -0.462 e. The molecule has 0 aliphatic rings. The summed E-state index contributed by atoms with van der Waals surface area (Å²) in [6.07, 6.45) is 3.12. The molecular formula is C14H14ClN3O2. The molecule has 0 atom stereocenters. The summed E-state index contributed by atoms with van der Waals surface area (Å²) in [5.41, 5.74) is 2.43. The number of rotatable bonds is 4. The number of nitrogens with zero attached hydrogens (tertiary/aromatic N) is 3. The molecule has 2 aromatic rings. The predicted molar refractivity (Wildman–Crippen MR) is 75.5 cm³/mol. The Hall–Kier alpha value is -2.01. The first kappa shape index (κ1) is 14.4. The van der Waals surface area contributed by atoms with Crippen molar-refractivity contribution in [3.63, 3.8) is 0 Å². The van der Waals surface area contributed by atoms with Crippen LogP contribution in [0.3, 0.4) is 0 Å². The Bertz CT molecular complexity index is 632. The Morgan fingerprint density at radius 2 is 2.20 bits per heavy atom. The maximum Gasteiger partial charge on any atom is 0.341 e. The highest BCUT2D eigenvalue weighted by Crippen LogP contribution is 2.17. The number of halogens is 1. The number of esters is 1. The zero-order chi connectivity index (χ0) is 14.5. The lowest BCUT2D eigenvalue weighted by molar-refractivity contribution is 0.0524. The third kappa shape index (κ3) is 3.11. The van der Waals surface area contributed by atoms with Crippen molar-refractivity contribution < 1.29 is 9.53 Å². The van der Waals surface area contributed by atoms with Crippen molar-refractivity contribution in [2.24, 2.45) is 0 Å². The molecule has 0 aliphatic carbocycles. The van der Waals surface area contributed by atoms with Gasteiger partial charge in [-0.1, -0.05) is 0 Å². The van der Waals surface area contributed by atoms with Crippen molar-refractivity contribution in [3.05, 3.63) is 41.3 Å². The lowest BCUT2D eigenvalue weighted by Gasteiger charge is -2.07. The van der Waals surface area contributed by atoms with Crippen LogP contribution < -0.4 is 0 Å². The number of ether oxygens (including phenoxy) is 1. The average molecular weight is 292 g/mol. The normalized spacial score (nSPS) is 10.3.